The van der Waals surface area contributed by atoms with E-state index in [9.17, 15) is 4.79 Å². The Labute approximate surface area is 152 Å². The first kappa shape index (κ1) is 16.7. The number of ether oxygens (including phenoxy) is 1. The Balaban J connectivity index is 1.24. The summed E-state index contributed by atoms with van der Waals surface area (Å²) in [6.07, 6.45) is 3.49. The Bertz CT molecular complexity index is 727. The molecule has 8 nitrogen and oxygen atoms in total. The van der Waals surface area contributed by atoms with Crippen LogP contribution >= 0.6 is 0 Å². The Hall–Kier alpha value is -2.74. The van der Waals surface area contributed by atoms with Crippen molar-refractivity contribution in [3.63, 3.8) is 0 Å². The Kier molecular flexibility index (Phi) is 4.92. The Morgan fingerprint density at radius 2 is 1.88 bits per heavy atom. The number of pyridine rings is 1. The topological polar surface area (TPSA) is 83.5 Å². The van der Waals surface area contributed by atoms with Crippen LogP contribution in [0.15, 0.2) is 36.7 Å². The van der Waals surface area contributed by atoms with Gasteiger partial charge in [-0.25, -0.2) is 4.79 Å². The van der Waals surface area contributed by atoms with Crippen molar-refractivity contribution in [1.29, 1.82) is 0 Å². The SMILES string of the molecule is O=C(NCC1CN(c2ccc(-c3ccncc3)nn2)C1)N1CCOCC1. The van der Waals surface area contributed by atoms with Gasteiger partial charge < -0.3 is 19.9 Å². The number of aromatic nitrogens is 3. The Morgan fingerprint density at radius 3 is 2.58 bits per heavy atom. The van der Waals surface area contributed by atoms with Gasteiger partial charge in [-0.15, -0.1) is 10.2 Å². The van der Waals surface area contributed by atoms with Crippen LogP contribution in [0.1, 0.15) is 0 Å². The van der Waals surface area contributed by atoms with Gasteiger partial charge >= 0.3 is 6.03 Å². The maximum absolute atomic E-state index is 12.1. The molecular formula is C18H22N6O2. The molecule has 26 heavy (non-hydrogen) atoms. The molecule has 4 heterocycles. The molecule has 0 spiro atoms. The highest BCUT2D eigenvalue weighted by Gasteiger charge is 2.29. The number of anilines is 1. The van der Waals surface area contributed by atoms with E-state index in [1.54, 1.807) is 12.4 Å². The molecule has 0 atom stereocenters. The van der Waals surface area contributed by atoms with Gasteiger partial charge in [0.05, 0.1) is 18.9 Å². The molecule has 2 aliphatic heterocycles. The van der Waals surface area contributed by atoms with Crippen LogP contribution in [0.25, 0.3) is 11.3 Å². The average Bonchev–Trinajstić information content (AvgIpc) is 2.68. The molecule has 4 rings (SSSR count). The molecule has 8 heteroatoms. The second kappa shape index (κ2) is 7.65. The molecule has 0 unspecified atom stereocenters. The van der Waals surface area contributed by atoms with Gasteiger partial charge in [-0.2, -0.15) is 0 Å². The van der Waals surface area contributed by atoms with Gasteiger partial charge in [0, 0.05) is 56.6 Å². The van der Waals surface area contributed by atoms with E-state index in [4.69, 9.17) is 4.74 Å². The van der Waals surface area contributed by atoms with E-state index in [0.29, 0.717) is 38.8 Å². The number of urea groups is 1. The van der Waals surface area contributed by atoms with Gasteiger partial charge in [0.25, 0.3) is 0 Å². The highest BCUT2D eigenvalue weighted by atomic mass is 16.5. The first-order chi connectivity index (χ1) is 12.8. The van der Waals surface area contributed by atoms with Gasteiger partial charge in [-0.3, -0.25) is 4.98 Å². The van der Waals surface area contributed by atoms with Crippen LogP contribution < -0.4 is 10.2 Å². The van der Waals surface area contributed by atoms with E-state index in [2.05, 4.69) is 25.4 Å². The predicted molar refractivity (Wildman–Crippen MR) is 96.8 cm³/mol. The van der Waals surface area contributed by atoms with Crippen LogP contribution in [0.5, 0.6) is 0 Å². The fraction of sp³-hybridized carbons (Fsp3) is 0.444. The number of hydrogen-bond donors (Lipinski definition) is 1. The summed E-state index contributed by atoms with van der Waals surface area (Å²) in [5, 5.41) is 11.7. The minimum Gasteiger partial charge on any atom is -0.378 e. The van der Waals surface area contributed by atoms with Crippen LogP contribution in [0.2, 0.25) is 0 Å². The lowest BCUT2D eigenvalue weighted by Crippen LogP contribution is -2.54. The van der Waals surface area contributed by atoms with Gasteiger partial charge in [-0.1, -0.05) is 0 Å². The first-order valence-corrected chi connectivity index (χ1v) is 8.89. The average molecular weight is 354 g/mol. The number of morpholine rings is 1. The molecule has 2 aromatic heterocycles. The zero-order chi connectivity index (χ0) is 17.8. The summed E-state index contributed by atoms with van der Waals surface area (Å²) < 4.78 is 5.26. The van der Waals surface area contributed by atoms with Crippen molar-refractivity contribution >= 4 is 11.8 Å². The van der Waals surface area contributed by atoms with Crippen molar-refractivity contribution in [2.75, 3.05) is 50.8 Å². The molecule has 2 saturated heterocycles. The summed E-state index contributed by atoms with van der Waals surface area (Å²) in [6.45, 7) is 5.04. The molecule has 0 saturated carbocycles. The third-order valence-electron chi connectivity index (χ3n) is 4.75. The summed E-state index contributed by atoms with van der Waals surface area (Å²) in [6, 6.07) is 7.81. The largest absolute Gasteiger partial charge is 0.378 e. The number of rotatable bonds is 4. The smallest absolute Gasteiger partial charge is 0.317 e. The fourth-order valence-electron chi connectivity index (χ4n) is 3.17. The van der Waals surface area contributed by atoms with Crippen molar-refractivity contribution in [3.05, 3.63) is 36.7 Å². The summed E-state index contributed by atoms with van der Waals surface area (Å²) >= 11 is 0. The maximum Gasteiger partial charge on any atom is 0.317 e. The zero-order valence-electron chi connectivity index (χ0n) is 14.5. The van der Waals surface area contributed by atoms with Crippen molar-refractivity contribution < 1.29 is 9.53 Å². The molecule has 136 valence electrons. The van der Waals surface area contributed by atoms with Crippen molar-refractivity contribution in [3.8, 4) is 11.3 Å². The highest BCUT2D eigenvalue weighted by Crippen LogP contribution is 2.23. The molecular weight excluding hydrogens is 332 g/mol. The van der Waals surface area contributed by atoms with Crippen LogP contribution in [0.4, 0.5) is 10.6 Å². The summed E-state index contributed by atoms with van der Waals surface area (Å²) in [7, 11) is 0. The van der Waals surface area contributed by atoms with E-state index in [1.165, 1.54) is 0 Å². The molecule has 2 aromatic rings. The van der Waals surface area contributed by atoms with Crippen LogP contribution in [0.3, 0.4) is 0 Å². The van der Waals surface area contributed by atoms with Gasteiger partial charge in [0.1, 0.15) is 0 Å². The van der Waals surface area contributed by atoms with E-state index in [1.807, 2.05) is 29.2 Å². The van der Waals surface area contributed by atoms with Crippen LogP contribution in [-0.4, -0.2) is 72.0 Å². The van der Waals surface area contributed by atoms with Gasteiger partial charge in [0.15, 0.2) is 5.82 Å². The standard InChI is InChI=1S/C18H22N6O2/c25-18(23-7-9-26-10-8-23)20-11-14-12-24(13-14)17-2-1-16(21-22-17)15-3-5-19-6-4-15/h1-6,14H,7-13H2,(H,20,25). The molecule has 0 radical (unpaired) electrons. The third-order valence-corrected chi connectivity index (χ3v) is 4.75. The van der Waals surface area contributed by atoms with Crippen LogP contribution in [-0.2, 0) is 4.74 Å². The predicted octanol–water partition coefficient (Wildman–Crippen LogP) is 1.02. The number of nitrogens with one attached hydrogen (secondary N) is 1. The Morgan fingerprint density at radius 1 is 1.12 bits per heavy atom. The summed E-state index contributed by atoms with van der Waals surface area (Å²) in [5.74, 6) is 1.32. The van der Waals surface area contributed by atoms with E-state index < -0.39 is 0 Å². The fourth-order valence-corrected chi connectivity index (χ4v) is 3.17. The molecule has 0 aromatic carbocycles. The lowest BCUT2D eigenvalue weighted by Gasteiger charge is -2.40. The van der Waals surface area contributed by atoms with Crippen LogP contribution in [0, 0.1) is 5.92 Å². The number of nitrogens with zero attached hydrogens (tertiary/aromatic N) is 5. The monoisotopic (exact) mass is 354 g/mol. The number of amides is 2. The summed E-state index contributed by atoms with van der Waals surface area (Å²) in [5.41, 5.74) is 1.84. The van der Waals surface area contributed by atoms with Gasteiger partial charge in [0.2, 0.25) is 0 Å². The minimum absolute atomic E-state index is 0.00763. The second-order valence-corrected chi connectivity index (χ2v) is 6.57. The lowest BCUT2D eigenvalue weighted by molar-refractivity contribution is 0.0529. The maximum atomic E-state index is 12.1. The van der Waals surface area contributed by atoms with E-state index >= 15 is 0 Å². The second-order valence-electron chi connectivity index (χ2n) is 6.57. The van der Waals surface area contributed by atoms with Crippen molar-refractivity contribution in [2.45, 2.75) is 0 Å². The number of carbonyl (C=O) groups is 1. The molecule has 2 amide bonds. The number of carbonyl (C=O) groups excluding carboxylic acids is 1. The quantitative estimate of drug-likeness (QED) is 0.882. The van der Waals surface area contributed by atoms with Gasteiger partial charge in [-0.05, 0) is 24.3 Å². The highest BCUT2D eigenvalue weighted by molar-refractivity contribution is 5.74. The molecule has 1 N–H and O–H groups in total. The van der Waals surface area contributed by atoms with E-state index in [-0.39, 0.29) is 6.03 Å². The summed E-state index contributed by atoms with van der Waals surface area (Å²) in [4.78, 5) is 20.1. The van der Waals surface area contributed by atoms with E-state index in [0.717, 1.165) is 30.2 Å². The zero-order valence-corrected chi connectivity index (χ0v) is 14.5. The molecule has 0 aliphatic carbocycles. The molecule has 0 bridgehead atoms. The molecule has 2 aliphatic rings. The van der Waals surface area contributed by atoms with Crippen molar-refractivity contribution in [1.82, 2.24) is 25.4 Å². The number of hydrogen-bond acceptors (Lipinski definition) is 6. The van der Waals surface area contributed by atoms with Crippen molar-refractivity contribution in [2.24, 2.45) is 5.92 Å². The molecule has 2 fully saturated rings. The normalized spacial score (nSPS) is 17.7. The third kappa shape index (κ3) is 3.75. The lowest BCUT2D eigenvalue weighted by atomic mass is 10.0. The minimum atomic E-state index is 0.00763. The first-order valence-electron chi connectivity index (χ1n) is 8.89.